The van der Waals surface area contributed by atoms with Gasteiger partial charge in [0.1, 0.15) is 5.82 Å². The summed E-state index contributed by atoms with van der Waals surface area (Å²) in [5.74, 6) is 4.94. The summed E-state index contributed by atoms with van der Waals surface area (Å²) in [5, 5.41) is 0. The molecule has 0 aliphatic rings. The van der Waals surface area contributed by atoms with E-state index < -0.39 is 23.6 Å². The van der Waals surface area contributed by atoms with Gasteiger partial charge in [-0.25, -0.2) is 4.39 Å². The van der Waals surface area contributed by atoms with Crippen LogP contribution in [0.25, 0.3) is 0 Å². The van der Waals surface area contributed by atoms with Gasteiger partial charge in [-0.15, -0.1) is 0 Å². The molecule has 0 spiro atoms. The minimum atomic E-state index is -4.52. The van der Waals surface area contributed by atoms with Crippen molar-refractivity contribution in [3.63, 3.8) is 0 Å². The molecule has 1 rings (SSSR count). The van der Waals surface area contributed by atoms with Crippen LogP contribution in [-0.4, -0.2) is 0 Å². The van der Waals surface area contributed by atoms with Gasteiger partial charge < -0.3 is 0 Å². The summed E-state index contributed by atoms with van der Waals surface area (Å²) < 4.78 is 51.8. The number of benzene rings is 1. The lowest BCUT2D eigenvalue weighted by atomic mass is 9.94. The number of rotatable bonds is 5. The maximum atomic E-state index is 13.2. The smallest absolute Gasteiger partial charge is 0.271 e. The van der Waals surface area contributed by atoms with Crippen molar-refractivity contribution >= 4 is 0 Å². The lowest BCUT2D eigenvalue weighted by Gasteiger charge is -2.22. The molecule has 1 aromatic rings. The van der Waals surface area contributed by atoms with Gasteiger partial charge in [0.25, 0.3) is 0 Å². The number of halogens is 4. The average molecular weight is 278 g/mol. The Balaban J connectivity index is 3.10. The fraction of sp³-hybridized carbons (Fsp3) is 0.538. The molecule has 0 amide bonds. The van der Waals surface area contributed by atoms with E-state index >= 15 is 0 Å². The van der Waals surface area contributed by atoms with Gasteiger partial charge in [-0.05, 0) is 42.5 Å². The SMILES string of the molecule is CC(C)CCC(NN)c1cc(F)ccc1C(F)(F)F. The fourth-order valence-electron chi connectivity index (χ4n) is 1.91. The van der Waals surface area contributed by atoms with Gasteiger partial charge in [-0.1, -0.05) is 13.8 Å². The van der Waals surface area contributed by atoms with Crippen LogP contribution in [0.2, 0.25) is 0 Å². The Morgan fingerprint density at radius 3 is 2.32 bits per heavy atom. The monoisotopic (exact) mass is 278 g/mol. The number of hydrogen-bond acceptors (Lipinski definition) is 2. The highest BCUT2D eigenvalue weighted by atomic mass is 19.4. The van der Waals surface area contributed by atoms with E-state index in [0.29, 0.717) is 18.8 Å². The van der Waals surface area contributed by atoms with Crippen molar-refractivity contribution < 1.29 is 17.6 Å². The summed E-state index contributed by atoms with van der Waals surface area (Å²) in [5.41, 5.74) is 1.36. The summed E-state index contributed by atoms with van der Waals surface area (Å²) >= 11 is 0. The standard InChI is InChI=1S/C13H18F4N2/c1-8(2)3-6-12(19-18)10-7-9(14)4-5-11(10)13(15,16)17/h4-5,7-8,12,19H,3,6,18H2,1-2H3. The molecule has 0 bridgehead atoms. The van der Waals surface area contributed by atoms with E-state index in [0.717, 1.165) is 18.2 Å². The van der Waals surface area contributed by atoms with Gasteiger partial charge in [-0.3, -0.25) is 11.3 Å². The van der Waals surface area contributed by atoms with Gasteiger partial charge in [0, 0.05) is 6.04 Å². The van der Waals surface area contributed by atoms with E-state index in [1.807, 2.05) is 13.8 Å². The summed E-state index contributed by atoms with van der Waals surface area (Å²) in [4.78, 5) is 0. The highest BCUT2D eigenvalue weighted by molar-refractivity contribution is 5.33. The molecule has 1 unspecified atom stereocenters. The van der Waals surface area contributed by atoms with Crippen LogP contribution >= 0.6 is 0 Å². The van der Waals surface area contributed by atoms with E-state index in [1.165, 1.54) is 0 Å². The van der Waals surface area contributed by atoms with Crippen molar-refractivity contribution in [3.05, 3.63) is 35.1 Å². The van der Waals surface area contributed by atoms with Crippen molar-refractivity contribution in [2.75, 3.05) is 0 Å². The van der Waals surface area contributed by atoms with Crippen LogP contribution in [0.4, 0.5) is 17.6 Å². The fourth-order valence-corrected chi connectivity index (χ4v) is 1.91. The molecule has 1 aromatic carbocycles. The zero-order valence-corrected chi connectivity index (χ0v) is 10.9. The Bertz CT molecular complexity index is 416. The van der Waals surface area contributed by atoms with Crippen LogP contribution < -0.4 is 11.3 Å². The normalized spacial score (nSPS) is 13.9. The molecular weight excluding hydrogens is 260 g/mol. The first-order valence-electron chi connectivity index (χ1n) is 6.08. The molecule has 6 heteroatoms. The Morgan fingerprint density at radius 1 is 1.21 bits per heavy atom. The number of alkyl halides is 3. The third kappa shape index (κ3) is 4.47. The molecule has 0 radical (unpaired) electrons. The highest BCUT2D eigenvalue weighted by Crippen LogP contribution is 2.36. The quantitative estimate of drug-likeness (QED) is 0.488. The van der Waals surface area contributed by atoms with E-state index in [9.17, 15) is 17.6 Å². The van der Waals surface area contributed by atoms with Crippen molar-refractivity contribution in [1.29, 1.82) is 0 Å². The van der Waals surface area contributed by atoms with Gasteiger partial charge in [0.15, 0.2) is 0 Å². The highest BCUT2D eigenvalue weighted by Gasteiger charge is 2.35. The maximum Gasteiger partial charge on any atom is 0.416 e. The lowest BCUT2D eigenvalue weighted by Crippen LogP contribution is -2.30. The van der Waals surface area contributed by atoms with Crippen molar-refractivity contribution in [1.82, 2.24) is 5.43 Å². The van der Waals surface area contributed by atoms with Gasteiger partial charge in [0.2, 0.25) is 0 Å². The van der Waals surface area contributed by atoms with Crippen LogP contribution in [0.1, 0.15) is 43.9 Å². The summed E-state index contributed by atoms with van der Waals surface area (Å²) in [6.45, 7) is 3.92. The van der Waals surface area contributed by atoms with Crippen molar-refractivity contribution in [2.24, 2.45) is 11.8 Å². The summed E-state index contributed by atoms with van der Waals surface area (Å²) in [6.07, 6.45) is -3.40. The van der Waals surface area contributed by atoms with E-state index in [-0.39, 0.29) is 5.56 Å². The number of nitrogens with one attached hydrogen (secondary N) is 1. The second-order valence-corrected chi connectivity index (χ2v) is 4.92. The average Bonchev–Trinajstić information content (AvgIpc) is 2.27. The molecule has 0 fully saturated rings. The van der Waals surface area contributed by atoms with E-state index in [2.05, 4.69) is 5.43 Å². The van der Waals surface area contributed by atoms with Crippen LogP contribution in [-0.2, 0) is 6.18 Å². The third-order valence-corrected chi connectivity index (χ3v) is 2.93. The van der Waals surface area contributed by atoms with Gasteiger partial charge in [-0.2, -0.15) is 13.2 Å². The molecule has 0 aromatic heterocycles. The predicted molar refractivity (Wildman–Crippen MR) is 65.5 cm³/mol. The molecule has 108 valence electrons. The van der Waals surface area contributed by atoms with E-state index in [1.54, 1.807) is 0 Å². The van der Waals surface area contributed by atoms with Gasteiger partial charge in [0.05, 0.1) is 5.56 Å². The molecule has 1 atom stereocenters. The Labute approximate surface area is 110 Å². The molecule has 0 aliphatic heterocycles. The number of hydrogen-bond donors (Lipinski definition) is 2. The van der Waals surface area contributed by atoms with Crippen LogP contribution in [0.15, 0.2) is 18.2 Å². The summed E-state index contributed by atoms with van der Waals surface area (Å²) in [6, 6.07) is 1.75. The maximum absolute atomic E-state index is 13.2. The largest absolute Gasteiger partial charge is 0.416 e. The Hall–Kier alpha value is -1.14. The molecule has 0 heterocycles. The number of hydrazine groups is 1. The van der Waals surface area contributed by atoms with Crippen molar-refractivity contribution in [2.45, 2.75) is 38.9 Å². The van der Waals surface area contributed by atoms with Gasteiger partial charge >= 0.3 is 6.18 Å². The predicted octanol–water partition coefficient (Wildman–Crippen LogP) is 3.79. The molecule has 0 saturated heterocycles. The Morgan fingerprint density at radius 2 is 1.84 bits per heavy atom. The molecule has 0 aliphatic carbocycles. The first kappa shape index (κ1) is 15.9. The van der Waals surface area contributed by atoms with Crippen molar-refractivity contribution in [3.8, 4) is 0 Å². The molecule has 3 N–H and O–H groups in total. The molecule has 0 saturated carbocycles. The molecular formula is C13H18F4N2. The second kappa shape index (κ2) is 6.34. The summed E-state index contributed by atoms with van der Waals surface area (Å²) in [7, 11) is 0. The first-order valence-corrected chi connectivity index (χ1v) is 6.08. The lowest BCUT2D eigenvalue weighted by molar-refractivity contribution is -0.138. The zero-order valence-electron chi connectivity index (χ0n) is 10.9. The van der Waals surface area contributed by atoms with Crippen LogP contribution in [0.5, 0.6) is 0 Å². The number of nitrogens with two attached hydrogens (primary N) is 1. The van der Waals surface area contributed by atoms with Crippen LogP contribution in [0.3, 0.4) is 0 Å². The minimum Gasteiger partial charge on any atom is -0.271 e. The van der Waals surface area contributed by atoms with Crippen LogP contribution in [0, 0.1) is 11.7 Å². The molecule has 19 heavy (non-hydrogen) atoms. The Kier molecular flexibility index (Phi) is 5.31. The minimum absolute atomic E-state index is 0.143. The second-order valence-electron chi connectivity index (χ2n) is 4.92. The topological polar surface area (TPSA) is 38.0 Å². The first-order chi connectivity index (χ1) is 8.75. The zero-order chi connectivity index (χ0) is 14.6. The third-order valence-electron chi connectivity index (χ3n) is 2.93. The molecule has 2 nitrogen and oxygen atoms in total. The van der Waals surface area contributed by atoms with E-state index in [4.69, 9.17) is 5.84 Å².